The molecule has 5 heteroatoms. The van der Waals surface area contributed by atoms with Crippen molar-refractivity contribution in [3.8, 4) is 0 Å². The molecule has 0 fully saturated rings. The van der Waals surface area contributed by atoms with Crippen LogP contribution in [0.4, 0.5) is 5.82 Å². The van der Waals surface area contributed by atoms with Crippen molar-refractivity contribution in [2.45, 2.75) is 12.8 Å². The molecular formula is C15H15N3O2. The molecule has 0 N–H and O–H groups in total. The van der Waals surface area contributed by atoms with Gasteiger partial charge >= 0.3 is 5.69 Å². The van der Waals surface area contributed by atoms with Crippen LogP contribution in [-0.4, -0.2) is 14.8 Å². The quantitative estimate of drug-likeness (QED) is 0.815. The van der Waals surface area contributed by atoms with E-state index in [0.717, 1.165) is 15.8 Å². The van der Waals surface area contributed by atoms with Gasteiger partial charge in [0, 0.05) is 32.6 Å². The van der Waals surface area contributed by atoms with Crippen molar-refractivity contribution in [3.63, 3.8) is 0 Å². The smallest absolute Gasteiger partial charge is 0.281 e. The van der Waals surface area contributed by atoms with Crippen molar-refractivity contribution in [2.75, 3.05) is 0 Å². The second kappa shape index (κ2) is 4.59. The van der Waals surface area contributed by atoms with Gasteiger partial charge in [-0.15, -0.1) is 0 Å². The summed E-state index contributed by atoms with van der Waals surface area (Å²) < 4.78 is 2.58. The molecule has 0 radical (unpaired) electrons. The Bertz CT molecular complexity index is 813. The fourth-order valence-electron chi connectivity index (χ4n) is 2.53. The first-order valence-corrected chi connectivity index (χ1v) is 6.47. The SMILES string of the molecule is Cn1c2c(c(=O)n(C)c1=O)CC(Cc1ccccc1)=N2. The van der Waals surface area contributed by atoms with Gasteiger partial charge in [0.25, 0.3) is 5.56 Å². The monoisotopic (exact) mass is 269 g/mol. The molecule has 1 aromatic heterocycles. The van der Waals surface area contributed by atoms with E-state index in [4.69, 9.17) is 0 Å². The van der Waals surface area contributed by atoms with Gasteiger partial charge < -0.3 is 0 Å². The predicted octanol–water partition coefficient (Wildman–Crippen LogP) is 0.955. The van der Waals surface area contributed by atoms with E-state index < -0.39 is 0 Å². The highest BCUT2D eigenvalue weighted by molar-refractivity contribution is 5.94. The van der Waals surface area contributed by atoms with Crippen molar-refractivity contribution in [1.82, 2.24) is 9.13 Å². The van der Waals surface area contributed by atoms with Gasteiger partial charge in [-0.3, -0.25) is 13.9 Å². The molecule has 0 spiro atoms. The summed E-state index contributed by atoms with van der Waals surface area (Å²) in [5, 5.41) is 0. The maximum absolute atomic E-state index is 12.1. The van der Waals surface area contributed by atoms with Crippen LogP contribution in [0.25, 0.3) is 0 Å². The second-order valence-corrected chi connectivity index (χ2v) is 5.03. The zero-order chi connectivity index (χ0) is 14.3. The number of rotatable bonds is 2. The van der Waals surface area contributed by atoms with E-state index in [9.17, 15) is 9.59 Å². The number of hydrogen-bond donors (Lipinski definition) is 0. The van der Waals surface area contributed by atoms with Crippen LogP contribution in [-0.2, 0) is 26.9 Å². The molecule has 0 saturated carbocycles. The second-order valence-electron chi connectivity index (χ2n) is 5.03. The largest absolute Gasteiger partial charge is 0.332 e. The lowest BCUT2D eigenvalue weighted by molar-refractivity contribution is 0.682. The minimum Gasteiger partial charge on any atom is -0.281 e. The maximum atomic E-state index is 12.1. The molecule has 20 heavy (non-hydrogen) atoms. The molecule has 0 unspecified atom stereocenters. The van der Waals surface area contributed by atoms with Crippen LogP contribution in [0, 0.1) is 0 Å². The molecule has 1 aromatic carbocycles. The van der Waals surface area contributed by atoms with Crippen molar-refractivity contribution in [3.05, 3.63) is 62.3 Å². The summed E-state index contributed by atoms with van der Waals surface area (Å²) in [7, 11) is 3.15. The van der Waals surface area contributed by atoms with E-state index in [1.54, 1.807) is 7.05 Å². The van der Waals surface area contributed by atoms with Crippen LogP contribution >= 0.6 is 0 Å². The van der Waals surface area contributed by atoms with Gasteiger partial charge in [-0.25, -0.2) is 9.79 Å². The lowest BCUT2D eigenvalue weighted by Crippen LogP contribution is -2.38. The van der Waals surface area contributed by atoms with Gasteiger partial charge in [-0.05, 0) is 5.56 Å². The maximum Gasteiger partial charge on any atom is 0.332 e. The third-order valence-corrected chi connectivity index (χ3v) is 3.62. The highest BCUT2D eigenvalue weighted by Gasteiger charge is 2.22. The fraction of sp³-hybridized carbons (Fsp3) is 0.267. The fourth-order valence-corrected chi connectivity index (χ4v) is 2.53. The number of aromatic nitrogens is 2. The minimum absolute atomic E-state index is 0.241. The third kappa shape index (κ3) is 1.91. The first-order chi connectivity index (χ1) is 9.58. The highest BCUT2D eigenvalue weighted by Crippen LogP contribution is 2.22. The van der Waals surface area contributed by atoms with Gasteiger partial charge in [0.2, 0.25) is 0 Å². The Labute approximate surface area is 115 Å². The molecule has 2 heterocycles. The Morgan fingerprint density at radius 3 is 2.50 bits per heavy atom. The summed E-state index contributed by atoms with van der Waals surface area (Å²) in [4.78, 5) is 28.5. The number of fused-ring (bicyclic) bond motifs is 1. The standard InChI is InChI=1S/C15H15N3O2/c1-17-13-12(14(19)18(2)15(17)20)9-11(16-13)8-10-6-4-3-5-7-10/h3-7H,8-9H2,1-2H3. The van der Waals surface area contributed by atoms with Crippen molar-refractivity contribution in [2.24, 2.45) is 19.1 Å². The van der Waals surface area contributed by atoms with Gasteiger partial charge in [0.05, 0.1) is 5.56 Å². The van der Waals surface area contributed by atoms with Gasteiger partial charge in [0.1, 0.15) is 5.82 Å². The zero-order valence-electron chi connectivity index (χ0n) is 11.5. The van der Waals surface area contributed by atoms with E-state index in [2.05, 4.69) is 4.99 Å². The Hall–Kier alpha value is -2.43. The summed E-state index contributed by atoms with van der Waals surface area (Å²) in [6, 6.07) is 9.99. The van der Waals surface area contributed by atoms with Gasteiger partial charge in [-0.1, -0.05) is 30.3 Å². The van der Waals surface area contributed by atoms with Crippen LogP contribution < -0.4 is 11.2 Å². The minimum atomic E-state index is -0.335. The molecule has 102 valence electrons. The van der Waals surface area contributed by atoms with Gasteiger partial charge in [0.15, 0.2) is 0 Å². The molecule has 0 saturated heterocycles. The van der Waals surface area contributed by atoms with Gasteiger partial charge in [-0.2, -0.15) is 0 Å². The van der Waals surface area contributed by atoms with Crippen molar-refractivity contribution >= 4 is 11.5 Å². The number of nitrogens with zero attached hydrogens (tertiary/aromatic N) is 3. The summed E-state index contributed by atoms with van der Waals surface area (Å²) in [5.74, 6) is 0.504. The van der Waals surface area contributed by atoms with Crippen LogP contribution in [0.3, 0.4) is 0 Å². The van der Waals surface area contributed by atoms with E-state index in [1.165, 1.54) is 11.6 Å². The molecule has 2 aromatic rings. The lowest BCUT2D eigenvalue weighted by Gasteiger charge is -2.05. The molecule has 1 aliphatic heterocycles. The van der Waals surface area contributed by atoms with Crippen LogP contribution in [0.1, 0.15) is 11.1 Å². The average Bonchev–Trinajstić information content (AvgIpc) is 2.88. The number of benzene rings is 1. The normalized spacial score (nSPS) is 13.2. The van der Waals surface area contributed by atoms with Crippen LogP contribution in [0.15, 0.2) is 44.9 Å². The zero-order valence-corrected chi connectivity index (χ0v) is 11.5. The van der Waals surface area contributed by atoms with Crippen molar-refractivity contribution in [1.29, 1.82) is 0 Å². The molecule has 0 atom stereocenters. The number of aliphatic imine (C=N–C) groups is 1. The Morgan fingerprint density at radius 1 is 1.10 bits per heavy atom. The Kier molecular flexibility index (Phi) is 2.89. The van der Waals surface area contributed by atoms with Crippen LogP contribution in [0.2, 0.25) is 0 Å². The Morgan fingerprint density at radius 2 is 1.80 bits per heavy atom. The summed E-state index contributed by atoms with van der Waals surface area (Å²) in [6.07, 6.45) is 1.22. The van der Waals surface area contributed by atoms with E-state index in [0.29, 0.717) is 24.2 Å². The predicted molar refractivity (Wildman–Crippen MR) is 77.9 cm³/mol. The van der Waals surface area contributed by atoms with E-state index >= 15 is 0 Å². The molecule has 3 rings (SSSR count). The van der Waals surface area contributed by atoms with Crippen molar-refractivity contribution < 1.29 is 0 Å². The first-order valence-electron chi connectivity index (χ1n) is 6.47. The molecule has 0 aliphatic carbocycles. The van der Waals surface area contributed by atoms with E-state index in [1.807, 2.05) is 30.3 Å². The molecule has 5 nitrogen and oxygen atoms in total. The molecule has 1 aliphatic rings. The highest BCUT2D eigenvalue weighted by atomic mass is 16.2. The summed E-state index contributed by atoms with van der Waals surface area (Å²) >= 11 is 0. The van der Waals surface area contributed by atoms with Crippen LogP contribution in [0.5, 0.6) is 0 Å². The van der Waals surface area contributed by atoms with E-state index in [-0.39, 0.29) is 11.2 Å². The third-order valence-electron chi connectivity index (χ3n) is 3.62. The summed E-state index contributed by atoms with van der Waals surface area (Å²) in [5.41, 5.74) is 2.11. The lowest BCUT2D eigenvalue weighted by atomic mass is 10.1. The Balaban J connectivity index is 2.02. The number of hydrogen-bond acceptors (Lipinski definition) is 3. The summed E-state index contributed by atoms with van der Waals surface area (Å²) in [6.45, 7) is 0. The molecule has 0 bridgehead atoms. The molecular weight excluding hydrogens is 254 g/mol. The molecule has 0 amide bonds. The first kappa shape index (κ1) is 12.6. The topological polar surface area (TPSA) is 56.4 Å². The average molecular weight is 269 g/mol.